The van der Waals surface area contributed by atoms with Gasteiger partial charge in [-0.3, -0.25) is 9.88 Å². The first-order chi connectivity index (χ1) is 18.5. The predicted molar refractivity (Wildman–Crippen MR) is 149 cm³/mol. The van der Waals surface area contributed by atoms with Crippen LogP contribution < -0.4 is 14.2 Å². The maximum Gasteiger partial charge on any atom is 0.319 e. The Balaban J connectivity index is 1.72. The average Bonchev–Trinajstić information content (AvgIpc) is 2.93. The standard InChI is InChI=1S/C30H40N4O4/c1-6-10-21-15-27(29(35)24-13-14-31-26-12-11-23(36-5)17-25(24)26)34(18-20(21)7-2)19-22-16-28(37-8-3)33-30(32-22)38-9-4/h7,11-14,16-17,20-21,27,29,35H,2,6,8-10,15,18-19H2,1,3-5H3. The Morgan fingerprint density at radius 2 is 1.95 bits per heavy atom. The van der Waals surface area contributed by atoms with Gasteiger partial charge in [-0.25, -0.2) is 0 Å². The van der Waals surface area contributed by atoms with Crippen LogP contribution in [0.1, 0.15) is 57.4 Å². The van der Waals surface area contributed by atoms with Crippen molar-refractivity contribution >= 4 is 10.9 Å². The van der Waals surface area contributed by atoms with Gasteiger partial charge >= 0.3 is 6.01 Å². The number of piperidine rings is 1. The molecule has 8 nitrogen and oxygen atoms in total. The Labute approximate surface area is 225 Å². The summed E-state index contributed by atoms with van der Waals surface area (Å²) in [6.07, 6.45) is 6.14. The Kier molecular flexibility index (Phi) is 9.53. The molecule has 2 aromatic heterocycles. The predicted octanol–water partition coefficient (Wildman–Crippen LogP) is 5.36. The number of benzene rings is 1. The first kappa shape index (κ1) is 27.8. The van der Waals surface area contributed by atoms with Gasteiger partial charge in [-0.15, -0.1) is 6.58 Å². The van der Waals surface area contributed by atoms with E-state index in [0.717, 1.165) is 53.7 Å². The molecule has 0 amide bonds. The van der Waals surface area contributed by atoms with Crippen LogP contribution in [0.5, 0.6) is 17.6 Å². The molecule has 0 saturated carbocycles. The molecule has 3 aromatic rings. The van der Waals surface area contributed by atoms with Crippen molar-refractivity contribution in [1.82, 2.24) is 19.9 Å². The molecule has 4 unspecified atom stereocenters. The Morgan fingerprint density at radius 3 is 2.66 bits per heavy atom. The fraction of sp³-hybridized carbons (Fsp3) is 0.500. The lowest BCUT2D eigenvalue weighted by atomic mass is 9.76. The summed E-state index contributed by atoms with van der Waals surface area (Å²) in [7, 11) is 1.65. The first-order valence-corrected chi connectivity index (χ1v) is 13.6. The molecule has 1 saturated heterocycles. The summed E-state index contributed by atoms with van der Waals surface area (Å²) in [5, 5.41) is 12.9. The molecule has 8 heteroatoms. The number of hydrogen-bond donors (Lipinski definition) is 1. The number of aromatic nitrogens is 3. The fourth-order valence-electron chi connectivity index (χ4n) is 5.56. The second-order valence-electron chi connectivity index (χ2n) is 9.76. The SMILES string of the molecule is C=CC1CN(Cc2cc(OCC)nc(OCC)n2)C(C(O)c2ccnc3ccc(OC)cc23)CC1CCC. The zero-order chi connectivity index (χ0) is 27.1. The summed E-state index contributed by atoms with van der Waals surface area (Å²) in [5.74, 6) is 2.00. The number of pyridine rings is 1. The van der Waals surface area contributed by atoms with Crippen LogP contribution in [0.25, 0.3) is 10.9 Å². The minimum atomic E-state index is -0.725. The van der Waals surface area contributed by atoms with Crippen molar-refractivity contribution in [3.8, 4) is 17.6 Å². The molecule has 1 N–H and O–H groups in total. The Morgan fingerprint density at radius 1 is 1.13 bits per heavy atom. The van der Waals surface area contributed by atoms with Gasteiger partial charge in [0.2, 0.25) is 5.88 Å². The zero-order valence-electron chi connectivity index (χ0n) is 23.0. The minimum absolute atomic E-state index is 0.124. The second kappa shape index (κ2) is 13.0. The van der Waals surface area contributed by atoms with Crippen molar-refractivity contribution in [2.45, 2.75) is 58.7 Å². The summed E-state index contributed by atoms with van der Waals surface area (Å²) in [6, 6.07) is 9.75. The van der Waals surface area contributed by atoms with Crippen molar-refractivity contribution < 1.29 is 19.3 Å². The van der Waals surface area contributed by atoms with Gasteiger partial charge in [0.05, 0.1) is 37.6 Å². The molecular weight excluding hydrogens is 480 g/mol. The monoisotopic (exact) mass is 520 g/mol. The Hall–Kier alpha value is -3.23. The number of nitrogens with zero attached hydrogens (tertiary/aromatic N) is 4. The van der Waals surface area contributed by atoms with Gasteiger partial charge in [-0.2, -0.15) is 9.97 Å². The van der Waals surface area contributed by atoms with Gasteiger partial charge in [-0.05, 0) is 61.9 Å². The van der Waals surface area contributed by atoms with Gasteiger partial charge < -0.3 is 19.3 Å². The molecule has 4 atom stereocenters. The van der Waals surface area contributed by atoms with E-state index in [1.165, 1.54) is 0 Å². The number of hydrogen-bond acceptors (Lipinski definition) is 8. The van der Waals surface area contributed by atoms with Crippen molar-refractivity contribution in [3.05, 3.63) is 60.4 Å². The highest BCUT2D eigenvalue weighted by Crippen LogP contribution is 2.39. The van der Waals surface area contributed by atoms with Gasteiger partial charge in [0.15, 0.2) is 0 Å². The number of fused-ring (bicyclic) bond motifs is 1. The van der Waals surface area contributed by atoms with E-state index in [9.17, 15) is 5.11 Å². The molecule has 1 aliphatic heterocycles. The lowest BCUT2D eigenvalue weighted by Gasteiger charge is -2.45. The highest BCUT2D eigenvalue weighted by molar-refractivity contribution is 5.84. The number of aliphatic hydroxyl groups is 1. The number of rotatable bonds is 12. The quantitative estimate of drug-likeness (QED) is 0.319. The number of methoxy groups -OCH3 is 1. The smallest absolute Gasteiger partial charge is 0.319 e. The summed E-state index contributed by atoms with van der Waals surface area (Å²) >= 11 is 0. The van der Waals surface area contributed by atoms with Crippen molar-refractivity contribution in [3.63, 3.8) is 0 Å². The summed E-state index contributed by atoms with van der Waals surface area (Å²) in [5.41, 5.74) is 2.48. The normalized spacial score (nSPS) is 20.7. The third-order valence-electron chi connectivity index (χ3n) is 7.36. The summed E-state index contributed by atoms with van der Waals surface area (Å²) in [4.78, 5) is 15.9. The van der Waals surface area contributed by atoms with Crippen molar-refractivity contribution in [1.29, 1.82) is 0 Å². The van der Waals surface area contributed by atoms with Crippen LogP contribution in [0.2, 0.25) is 0 Å². The molecule has 3 heterocycles. The fourth-order valence-corrected chi connectivity index (χ4v) is 5.56. The maximum absolute atomic E-state index is 12.0. The maximum atomic E-state index is 12.0. The van der Waals surface area contributed by atoms with E-state index in [1.54, 1.807) is 13.3 Å². The molecule has 204 valence electrons. The van der Waals surface area contributed by atoms with Crippen LogP contribution >= 0.6 is 0 Å². The molecule has 1 aromatic carbocycles. The highest BCUT2D eigenvalue weighted by Gasteiger charge is 2.38. The first-order valence-electron chi connectivity index (χ1n) is 13.6. The van der Waals surface area contributed by atoms with Crippen LogP contribution in [0.15, 0.2) is 49.2 Å². The van der Waals surface area contributed by atoms with E-state index in [4.69, 9.17) is 14.2 Å². The van der Waals surface area contributed by atoms with Gasteiger partial charge in [-0.1, -0.05) is 25.8 Å². The topological polar surface area (TPSA) is 89.8 Å². The van der Waals surface area contributed by atoms with Crippen LogP contribution in [-0.4, -0.2) is 57.9 Å². The van der Waals surface area contributed by atoms with E-state index >= 15 is 0 Å². The van der Waals surface area contributed by atoms with E-state index in [1.807, 2.05) is 44.2 Å². The van der Waals surface area contributed by atoms with E-state index in [0.29, 0.717) is 43.5 Å². The van der Waals surface area contributed by atoms with Gasteiger partial charge in [0.1, 0.15) is 5.75 Å². The van der Waals surface area contributed by atoms with Gasteiger partial charge in [0.25, 0.3) is 0 Å². The number of aliphatic hydroxyl groups excluding tert-OH is 1. The molecule has 4 rings (SSSR count). The lowest BCUT2D eigenvalue weighted by Crippen LogP contribution is -2.49. The lowest BCUT2D eigenvalue weighted by molar-refractivity contribution is -0.0137. The molecule has 1 fully saturated rings. The molecule has 0 radical (unpaired) electrons. The number of likely N-dealkylation sites (tertiary alicyclic amines) is 1. The van der Waals surface area contributed by atoms with Crippen molar-refractivity contribution in [2.24, 2.45) is 11.8 Å². The molecule has 0 aliphatic carbocycles. The summed E-state index contributed by atoms with van der Waals surface area (Å²) in [6.45, 7) is 12.5. The van der Waals surface area contributed by atoms with Crippen LogP contribution in [0.4, 0.5) is 0 Å². The third kappa shape index (κ3) is 6.25. The van der Waals surface area contributed by atoms with E-state index in [2.05, 4.69) is 39.4 Å². The van der Waals surface area contributed by atoms with Gasteiger partial charge in [0, 0.05) is 36.8 Å². The molecule has 0 bridgehead atoms. The largest absolute Gasteiger partial charge is 0.497 e. The third-order valence-corrected chi connectivity index (χ3v) is 7.36. The van der Waals surface area contributed by atoms with E-state index < -0.39 is 6.10 Å². The van der Waals surface area contributed by atoms with Crippen LogP contribution in [0.3, 0.4) is 0 Å². The zero-order valence-corrected chi connectivity index (χ0v) is 23.0. The summed E-state index contributed by atoms with van der Waals surface area (Å²) < 4.78 is 16.8. The molecule has 1 aliphatic rings. The molecule has 38 heavy (non-hydrogen) atoms. The number of ether oxygens (including phenoxy) is 3. The van der Waals surface area contributed by atoms with Crippen LogP contribution in [-0.2, 0) is 6.54 Å². The van der Waals surface area contributed by atoms with Crippen molar-refractivity contribution in [2.75, 3.05) is 26.9 Å². The molecule has 0 spiro atoms. The second-order valence-corrected chi connectivity index (χ2v) is 9.76. The average molecular weight is 521 g/mol. The van der Waals surface area contributed by atoms with Crippen LogP contribution in [0, 0.1) is 11.8 Å². The minimum Gasteiger partial charge on any atom is -0.497 e. The van der Waals surface area contributed by atoms with E-state index in [-0.39, 0.29) is 6.04 Å². The molecular formula is C30H40N4O4. The Bertz CT molecular complexity index is 1200. The highest BCUT2D eigenvalue weighted by atomic mass is 16.5.